The molecule has 0 atom stereocenters. The van der Waals surface area contributed by atoms with Gasteiger partial charge in [-0.05, 0) is 56.2 Å². The number of unbranched alkanes of at least 4 members (excludes halogenated alkanes) is 3. The monoisotopic (exact) mass is 329 g/mol. The maximum atomic E-state index is 12.1. The predicted molar refractivity (Wildman–Crippen MR) is 95.1 cm³/mol. The van der Waals surface area contributed by atoms with Crippen LogP contribution in [0.5, 0.6) is 11.5 Å². The maximum absolute atomic E-state index is 12.1. The number of hydrogen-bond donors (Lipinski definition) is 0. The Bertz CT molecular complexity index is 576. The first-order valence-electron chi connectivity index (χ1n) is 9.17. The zero-order chi connectivity index (χ0) is 16.6. The van der Waals surface area contributed by atoms with Crippen molar-refractivity contribution in [2.75, 3.05) is 19.9 Å². The lowest BCUT2D eigenvalue weighted by Gasteiger charge is -2.26. The molecule has 2 aliphatic rings. The number of hydrogen-bond acceptors (Lipinski definition) is 3. The quantitative estimate of drug-likeness (QED) is 0.696. The topological polar surface area (TPSA) is 38.8 Å². The first-order chi connectivity index (χ1) is 11.8. The summed E-state index contributed by atoms with van der Waals surface area (Å²) in [6, 6.07) is 6.01. The van der Waals surface area contributed by atoms with Gasteiger partial charge < -0.3 is 14.4 Å². The van der Waals surface area contributed by atoms with Crippen LogP contribution in [0, 0.1) is 0 Å². The number of likely N-dealkylation sites (tertiary alicyclic amines) is 1. The third kappa shape index (κ3) is 4.76. The molecule has 24 heavy (non-hydrogen) atoms. The zero-order valence-electron chi connectivity index (χ0n) is 14.3. The molecule has 2 heterocycles. The second-order valence-corrected chi connectivity index (χ2v) is 6.56. The number of allylic oxidation sites excluding steroid dienone is 1. The SMILES string of the molecule is O=C(CCCCCC=Cc1ccc2c(c1)OCO2)N1CCCCC1. The smallest absolute Gasteiger partial charge is 0.231 e. The lowest BCUT2D eigenvalue weighted by molar-refractivity contribution is -0.132. The summed E-state index contributed by atoms with van der Waals surface area (Å²) >= 11 is 0. The molecule has 0 saturated carbocycles. The number of fused-ring (bicyclic) bond motifs is 1. The maximum Gasteiger partial charge on any atom is 0.231 e. The lowest BCUT2D eigenvalue weighted by Crippen LogP contribution is -2.35. The molecular weight excluding hydrogens is 302 g/mol. The summed E-state index contributed by atoms with van der Waals surface area (Å²) in [5.41, 5.74) is 1.14. The van der Waals surface area contributed by atoms with Crippen LogP contribution in [0.25, 0.3) is 6.08 Å². The van der Waals surface area contributed by atoms with E-state index in [9.17, 15) is 4.79 Å². The fourth-order valence-corrected chi connectivity index (χ4v) is 3.25. The van der Waals surface area contributed by atoms with Crippen molar-refractivity contribution < 1.29 is 14.3 Å². The van der Waals surface area contributed by atoms with Crippen LogP contribution in [0.3, 0.4) is 0 Å². The molecule has 1 aromatic rings. The minimum absolute atomic E-state index is 0.318. The fraction of sp³-hybridized carbons (Fsp3) is 0.550. The average molecular weight is 329 g/mol. The third-order valence-electron chi connectivity index (χ3n) is 4.68. The number of piperidine rings is 1. The molecule has 4 heteroatoms. The summed E-state index contributed by atoms with van der Waals surface area (Å²) in [6.45, 7) is 2.26. The molecule has 1 amide bonds. The number of benzene rings is 1. The van der Waals surface area contributed by atoms with E-state index < -0.39 is 0 Å². The van der Waals surface area contributed by atoms with E-state index in [1.807, 2.05) is 23.1 Å². The Morgan fingerprint density at radius 1 is 1.04 bits per heavy atom. The van der Waals surface area contributed by atoms with Crippen molar-refractivity contribution in [3.8, 4) is 11.5 Å². The Morgan fingerprint density at radius 2 is 1.88 bits per heavy atom. The van der Waals surface area contributed by atoms with Crippen LogP contribution in [0.4, 0.5) is 0 Å². The van der Waals surface area contributed by atoms with Gasteiger partial charge in [0.1, 0.15) is 0 Å². The van der Waals surface area contributed by atoms with Gasteiger partial charge in [-0.2, -0.15) is 0 Å². The highest BCUT2D eigenvalue weighted by atomic mass is 16.7. The van der Waals surface area contributed by atoms with Gasteiger partial charge in [0.2, 0.25) is 12.7 Å². The van der Waals surface area contributed by atoms with E-state index in [0.29, 0.717) is 19.1 Å². The molecular formula is C20H27NO3. The number of carbonyl (C=O) groups is 1. The molecule has 4 nitrogen and oxygen atoms in total. The van der Waals surface area contributed by atoms with Gasteiger partial charge in [-0.15, -0.1) is 0 Å². The van der Waals surface area contributed by atoms with Crippen molar-refractivity contribution >= 4 is 12.0 Å². The van der Waals surface area contributed by atoms with E-state index >= 15 is 0 Å². The van der Waals surface area contributed by atoms with Crippen molar-refractivity contribution in [3.63, 3.8) is 0 Å². The highest BCUT2D eigenvalue weighted by molar-refractivity contribution is 5.76. The second-order valence-electron chi connectivity index (χ2n) is 6.56. The van der Waals surface area contributed by atoms with E-state index in [-0.39, 0.29) is 0 Å². The van der Waals surface area contributed by atoms with Gasteiger partial charge in [0.05, 0.1) is 0 Å². The van der Waals surface area contributed by atoms with E-state index in [4.69, 9.17) is 9.47 Å². The predicted octanol–water partition coefficient (Wildman–Crippen LogP) is 4.39. The summed E-state index contributed by atoms with van der Waals surface area (Å²) in [7, 11) is 0. The third-order valence-corrected chi connectivity index (χ3v) is 4.68. The normalized spacial score (nSPS) is 16.8. The van der Waals surface area contributed by atoms with Gasteiger partial charge in [-0.25, -0.2) is 0 Å². The average Bonchev–Trinajstić information content (AvgIpc) is 3.09. The molecule has 3 rings (SSSR count). The van der Waals surface area contributed by atoms with E-state index in [1.165, 1.54) is 19.3 Å². The minimum Gasteiger partial charge on any atom is -0.454 e. The van der Waals surface area contributed by atoms with Gasteiger partial charge in [0, 0.05) is 19.5 Å². The van der Waals surface area contributed by atoms with Crippen LogP contribution < -0.4 is 9.47 Å². The molecule has 1 fully saturated rings. The van der Waals surface area contributed by atoms with Gasteiger partial charge in [-0.1, -0.05) is 24.6 Å². The lowest BCUT2D eigenvalue weighted by atomic mass is 10.1. The second kappa shape index (κ2) is 8.76. The molecule has 130 valence electrons. The molecule has 0 aliphatic carbocycles. The van der Waals surface area contributed by atoms with Gasteiger partial charge in [-0.3, -0.25) is 4.79 Å². The molecule has 0 unspecified atom stereocenters. The van der Waals surface area contributed by atoms with Gasteiger partial charge >= 0.3 is 0 Å². The number of ether oxygens (including phenoxy) is 2. The highest BCUT2D eigenvalue weighted by Crippen LogP contribution is 2.32. The molecule has 0 radical (unpaired) electrons. The van der Waals surface area contributed by atoms with Crippen molar-refractivity contribution in [1.82, 2.24) is 4.90 Å². The summed E-state index contributed by atoms with van der Waals surface area (Å²) < 4.78 is 10.7. The van der Waals surface area contributed by atoms with Crippen molar-refractivity contribution in [2.24, 2.45) is 0 Å². The van der Waals surface area contributed by atoms with Crippen molar-refractivity contribution in [2.45, 2.75) is 51.4 Å². The molecule has 1 aromatic carbocycles. The summed E-state index contributed by atoms with van der Waals surface area (Å²) in [5.74, 6) is 2.00. The van der Waals surface area contributed by atoms with Gasteiger partial charge in [0.25, 0.3) is 0 Å². The number of rotatable bonds is 7. The Kier molecular flexibility index (Phi) is 6.16. The number of amides is 1. The number of carbonyl (C=O) groups excluding carboxylic acids is 1. The van der Waals surface area contributed by atoms with Crippen LogP contribution in [0.15, 0.2) is 24.3 Å². The van der Waals surface area contributed by atoms with E-state index in [2.05, 4.69) is 12.2 Å². The van der Waals surface area contributed by atoms with E-state index in [1.54, 1.807) is 0 Å². The Labute approximate surface area is 144 Å². The van der Waals surface area contributed by atoms with Crippen LogP contribution in [0.2, 0.25) is 0 Å². The fourth-order valence-electron chi connectivity index (χ4n) is 3.25. The Morgan fingerprint density at radius 3 is 2.75 bits per heavy atom. The standard InChI is InChI=1S/C20H27NO3/c22-20(21-13-7-4-8-14-21)10-6-3-1-2-5-9-17-11-12-18-19(15-17)24-16-23-18/h5,9,11-12,15H,1-4,6-8,10,13-14,16H2. The summed E-state index contributed by atoms with van der Waals surface area (Å²) in [5, 5.41) is 0. The van der Waals surface area contributed by atoms with Crippen molar-refractivity contribution in [3.05, 3.63) is 29.8 Å². The summed E-state index contributed by atoms with van der Waals surface area (Å²) in [4.78, 5) is 14.1. The van der Waals surface area contributed by atoms with E-state index in [0.717, 1.165) is 55.8 Å². The molecule has 0 bridgehead atoms. The van der Waals surface area contributed by atoms with Crippen LogP contribution in [0.1, 0.15) is 56.9 Å². The first-order valence-corrected chi connectivity index (χ1v) is 9.17. The molecule has 2 aliphatic heterocycles. The largest absolute Gasteiger partial charge is 0.454 e. The molecule has 0 aromatic heterocycles. The molecule has 0 N–H and O–H groups in total. The van der Waals surface area contributed by atoms with Gasteiger partial charge in [0.15, 0.2) is 11.5 Å². The Balaban J connectivity index is 1.29. The number of nitrogens with zero attached hydrogens (tertiary/aromatic N) is 1. The van der Waals surface area contributed by atoms with Crippen LogP contribution in [-0.2, 0) is 4.79 Å². The molecule has 0 spiro atoms. The highest BCUT2D eigenvalue weighted by Gasteiger charge is 2.15. The Hall–Kier alpha value is -1.97. The minimum atomic E-state index is 0.318. The zero-order valence-corrected chi connectivity index (χ0v) is 14.3. The van der Waals surface area contributed by atoms with Crippen LogP contribution in [-0.4, -0.2) is 30.7 Å². The first kappa shape index (κ1) is 16.9. The van der Waals surface area contributed by atoms with Crippen molar-refractivity contribution in [1.29, 1.82) is 0 Å². The molecule has 1 saturated heterocycles. The summed E-state index contributed by atoms with van der Waals surface area (Å²) in [6.07, 6.45) is 13.0. The van der Waals surface area contributed by atoms with Crippen LogP contribution >= 0.6 is 0 Å².